The predicted molar refractivity (Wildman–Crippen MR) is 256 cm³/mol. The maximum Gasteiger partial charge on any atom is 0.0991 e. The first kappa shape index (κ1) is 36.9. The zero-order valence-electron chi connectivity index (χ0n) is 35.6. The third kappa shape index (κ3) is 5.28. The van der Waals surface area contributed by atoms with E-state index in [1.54, 1.807) is 0 Å². The molecular weight excluding hydrogens is 739 g/mol. The molecule has 0 atom stereocenters. The molecule has 11 rings (SSSR count). The molecule has 294 valence electrons. The summed E-state index contributed by atoms with van der Waals surface area (Å²) >= 11 is 0. The molecule has 0 saturated carbocycles. The van der Waals surface area contributed by atoms with Gasteiger partial charge < -0.3 is 9.13 Å². The Kier molecular flexibility index (Phi) is 7.97. The molecule has 10 aromatic rings. The minimum Gasteiger partial charge on any atom is -0.309 e. The van der Waals surface area contributed by atoms with Gasteiger partial charge in [-0.1, -0.05) is 126 Å². The number of para-hydroxylation sites is 3. The van der Waals surface area contributed by atoms with Crippen molar-refractivity contribution in [3.05, 3.63) is 193 Å². The molecule has 0 spiro atoms. The number of nitriles is 1. The fraction of sp³-hybridized carbons (Fsp3) is 0.155. The second-order valence-electron chi connectivity index (χ2n) is 18.6. The van der Waals surface area contributed by atoms with E-state index in [0.29, 0.717) is 5.56 Å². The van der Waals surface area contributed by atoms with Crippen LogP contribution in [0.4, 0.5) is 0 Å². The quantitative estimate of drug-likeness (QED) is 0.171. The van der Waals surface area contributed by atoms with Gasteiger partial charge >= 0.3 is 0 Å². The maximum atomic E-state index is 9.69. The van der Waals surface area contributed by atoms with E-state index in [-0.39, 0.29) is 16.2 Å². The van der Waals surface area contributed by atoms with Gasteiger partial charge in [0.25, 0.3) is 0 Å². The van der Waals surface area contributed by atoms with Gasteiger partial charge in [-0.25, -0.2) is 0 Å². The molecule has 2 aromatic heterocycles. The number of nitrogens with zero attached hydrogens (tertiary/aromatic N) is 3. The molecule has 1 aliphatic carbocycles. The van der Waals surface area contributed by atoms with Crippen molar-refractivity contribution in [2.45, 2.75) is 52.4 Å². The summed E-state index contributed by atoms with van der Waals surface area (Å²) in [6, 6.07) is 66.5. The average Bonchev–Trinajstić information content (AvgIpc) is 3.83. The van der Waals surface area contributed by atoms with Crippen molar-refractivity contribution in [2.24, 2.45) is 5.41 Å². The summed E-state index contributed by atoms with van der Waals surface area (Å²) in [5, 5.41) is 14.6. The van der Waals surface area contributed by atoms with E-state index in [0.717, 1.165) is 16.9 Å². The van der Waals surface area contributed by atoms with Crippen molar-refractivity contribution in [1.82, 2.24) is 9.13 Å². The lowest BCUT2D eigenvalue weighted by Gasteiger charge is -2.44. The van der Waals surface area contributed by atoms with E-state index in [2.05, 4.69) is 221 Å². The van der Waals surface area contributed by atoms with Crippen molar-refractivity contribution in [3.63, 3.8) is 0 Å². The Morgan fingerprint density at radius 3 is 1.28 bits per heavy atom. The molecule has 3 heteroatoms. The van der Waals surface area contributed by atoms with E-state index in [9.17, 15) is 5.26 Å². The zero-order chi connectivity index (χ0) is 41.8. The van der Waals surface area contributed by atoms with E-state index < -0.39 is 0 Å². The minimum absolute atomic E-state index is 0.0197. The highest BCUT2D eigenvalue weighted by molar-refractivity contribution is 6.13. The lowest BCUT2D eigenvalue weighted by molar-refractivity contribution is 0.125. The Bertz CT molecular complexity index is 3420. The number of hydrogen-bond acceptors (Lipinski definition) is 1. The molecule has 0 saturated heterocycles. The van der Waals surface area contributed by atoms with Gasteiger partial charge in [0.15, 0.2) is 0 Å². The summed E-state index contributed by atoms with van der Waals surface area (Å²) in [6.07, 6.45) is 0. The maximum absolute atomic E-state index is 9.69. The van der Waals surface area contributed by atoms with Crippen molar-refractivity contribution in [3.8, 4) is 50.8 Å². The molecule has 2 heterocycles. The fourth-order valence-corrected chi connectivity index (χ4v) is 10.5. The summed E-state index contributed by atoms with van der Waals surface area (Å²) in [7, 11) is 0. The molecule has 0 amide bonds. The van der Waals surface area contributed by atoms with Gasteiger partial charge in [0.1, 0.15) is 0 Å². The van der Waals surface area contributed by atoms with Crippen LogP contribution in [0.25, 0.3) is 88.4 Å². The zero-order valence-corrected chi connectivity index (χ0v) is 35.6. The number of benzene rings is 8. The normalized spacial score (nSPS) is 15.1. The third-order valence-electron chi connectivity index (χ3n) is 15.1. The van der Waals surface area contributed by atoms with Crippen molar-refractivity contribution in [2.75, 3.05) is 0 Å². The third-order valence-corrected chi connectivity index (χ3v) is 15.1. The topological polar surface area (TPSA) is 33.6 Å². The van der Waals surface area contributed by atoms with Crippen molar-refractivity contribution >= 4 is 43.6 Å². The minimum atomic E-state index is -0.0549. The van der Waals surface area contributed by atoms with E-state index in [1.165, 1.54) is 82.6 Å². The number of fused-ring (bicyclic) bond motifs is 7. The Balaban J connectivity index is 1.15. The summed E-state index contributed by atoms with van der Waals surface area (Å²) in [4.78, 5) is 0. The Hall–Kier alpha value is -7.15. The Morgan fingerprint density at radius 2 is 0.770 bits per heavy atom. The Labute approximate surface area is 357 Å². The highest BCUT2D eigenvalue weighted by atomic mass is 15.0. The van der Waals surface area contributed by atoms with E-state index >= 15 is 0 Å². The number of hydrogen-bond donors (Lipinski definition) is 0. The van der Waals surface area contributed by atoms with Crippen LogP contribution in [-0.4, -0.2) is 9.13 Å². The highest BCUT2D eigenvalue weighted by Crippen LogP contribution is 2.62. The smallest absolute Gasteiger partial charge is 0.0991 e. The molecule has 1 aliphatic rings. The van der Waals surface area contributed by atoms with Crippen LogP contribution in [0, 0.1) is 16.7 Å². The van der Waals surface area contributed by atoms with Crippen LogP contribution < -0.4 is 0 Å². The monoisotopic (exact) mass is 785 g/mol. The van der Waals surface area contributed by atoms with Gasteiger partial charge in [-0.3, -0.25) is 0 Å². The van der Waals surface area contributed by atoms with E-state index in [1.807, 2.05) is 12.1 Å². The summed E-state index contributed by atoms with van der Waals surface area (Å²) < 4.78 is 4.79. The van der Waals surface area contributed by atoms with Gasteiger partial charge in [-0.05, 0) is 152 Å². The SMILES string of the molecule is CC1(C)c2cc(-c3ccc(C#N)cc3)c(-c3ccc4c(c3)c3cc(-c5ccc6c(c5)c5ccccc5n6-c5ccccc5)ccc3n4-c3ccccc3)cc2C(C)(C)C1(C)C. The average molecular weight is 786 g/mol. The first-order valence-electron chi connectivity index (χ1n) is 21.4. The highest BCUT2D eigenvalue weighted by Gasteiger charge is 2.57. The summed E-state index contributed by atoms with van der Waals surface area (Å²) in [5.41, 5.74) is 17.5. The molecule has 8 aromatic carbocycles. The summed E-state index contributed by atoms with van der Waals surface area (Å²) in [6.45, 7) is 14.5. The molecule has 0 N–H and O–H groups in total. The number of aromatic nitrogens is 2. The first-order chi connectivity index (χ1) is 29.5. The standard InChI is InChI=1S/C58H47N3/c1-56(2)50-34-45(38-23-21-37(36-59)22-24-38)46(35-51(50)57(3,4)58(56,5)6)41-27-30-55-49(33-41)48-32-40(26-29-54(48)61(55)43-17-11-8-12-18-43)39-25-28-53-47(31-39)44-19-13-14-20-52(44)60(53)42-15-9-7-10-16-42/h7-35H,1-6H3. The molecule has 0 radical (unpaired) electrons. The fourth-order valence-electron chi connectivity index (χ4n) is 10.5. The van der Waals surface area contributed by atoms with Gasteiger partial charge in [0, 0.05) is 32.9 Å². The summed E-state index contributed by atoms with van der Waals surface area (Å²) in [5.74, 6) is 0. The van der Waals surface area contributed by atoms with Gasteiger partial charge in [-0.2, -0.15) is 5.26 Å². The lowest BCUT2D eigenvalue weighted by Crippen LogP contribution is -2.42. The van der Waals surface area contributed by atoms with Crippen LogP contribution in [0.5, 0.6) is 0 Å². The first-order valence-corrected chi connectivity index (χ1v) is 21.4. The van der Waals surface area contributed by atoms with Crippen molar-refractivity contribution in [1.29, 1.82) is 5.26 Å². The van der Waals surface area contributed by atoms with Crippen LogP contribution in [0.3, 0.4) is 0 Å². The number of rotatable bonds is 5. The Morgan fingerprint density at radius 1 is 0.377 bits per heavy atom. The van der Waals surface area contributed by atoms with Gasteiger partial charge in [0.2, 0.25) is 0 Å². The molecule has 0 unspecified atom stereocenters. The molecule has 0 fully saturated rings. The van der Waals surface area contributed by atoms with Crippen molar-refractivity contribution < 1.29 is 0 Å². The van der Waals surface area contributed by atoms with Gasteiger partial charge in [-0.15, -0.1) is 0 Å². The lowest BCUT2D eigenvalue weighted by atomic mass is 9.59. The van der Waals surface area contributed by atoms with Crippen LogP contribution >= 0.6 is 0 Å². The largest absolute Gasteiger partial charge is 0.309 e. The molecule has 0 aliphatic heterocycles. The van der Waals surface area contributed by atoms with Crippen LogP contribution in [0.2, 0.25) is 0 Å². The van der Waals surface area contributed by atoms with Gasteiger partial charge in [0.05, 0.1) is 33.7 Å². The van der Waals surface area contributed by atoms with E-state index in [4.69, 9.17) is 0 Å². The van der Waals surface area contributed by atoms with Crippen LogP contribution in [-0.2, 0) is 10.8 Å². The second kappa shape index (κ2) is 13.2. The molecular formula is C58H47N3. The molecule has 61 heavy (non-hydrogen) atoms. The molecule has 3 nitrogen and oxygen atoms in total. The second-order valence-corrected chi connectivity index (χ2v) is 18.6. The molecule has 0 bridgehead atoms. The van der Waals surface area contributed by atoms with Crippen LogP contribution in [0.15, 0.2) is 176 Å². The predicted octanol–water partition coefficient (Wildman–Crippen LogP) is 15.3. The van der Waals surface area contributed by atoms with Crippen LogP contribution in [0.1, 0.15) is 58.2 Å².